The number of imide groups is 1. The van der Waals surface area contributed by atoms with Gasteiger partial charge in [0.15, 0.2) is 0 Å². The van der Waals surface area contributed by atoms with Crippen LogP contribution in [0.5, 0.6) is 0 Å². The van der Waals surface area contributed by atoms with Crippen LogP contribution in [0, 0.1) is 0 Å². The third-order valence-corrected chi connectivity index (χ3v) is 4.67. The van der Waals surface area contributed by atoms with Crippen LogP contribution in [0.3, 0.4) is 0 Å². The van der Waals surface area contributed by atoms with Crippen LogP contribution >= 0.6 is 27.7 Å². The Labute approximate surface area is 131 Å². The molecule has 0 heterocycles. The summed E-state index contributed by atoms with van der Waals surface area (Å²) >= 11 is 4.77. The summed E-state index contributed by atoms with van der Waals surface area (Å²) in [5.74, 6) is -0.0342. The van der Waals surface area contributed by atoms with Gasteiger partial charge in [0.1, 0.15) is 0 Å². The van der Waals surface area contributed by atoms with Crippen LogP contribution < -0.4 is 10.6 Å². The molecule has 0 bridgehead atoms. The minimum atomic E-state index is -0.377. The molecule has 2 N–H and O–H groups in total. The molecule has 1 saturated carbocycles. The fourth-order valence-electron chi connectivity index (χ4n) is 2.13. The van der Waals surface area contributed by atoms with Gasteiger partial charge in [-0.15, -0.1) is 11.8 Å². The number of benzene rings is 1. The Morgan fingerprint density at radius 3 is 2.50 bits per heavy atom. The molecule has 3 amide bonds. The smallest absolute Gasteiger partial charge is 0.321 e. The number of hydrogen-bond donors (Lipinski definition) is 2. The molecular formula is C14H17BrN2O2S. The van der Waals surface area contributed by atoms with Crippen molar-refractivity contribution in [1.82, 2.24) is 10.6 Å². The van der Waals surface area contributed by atoms with Gasteiger partial charge in [-0.2, -0.15) is 0 Å². The topological polar surface area (TPSA) is 58.2 Å². The second-order valence-corrected chi connectivity index (χ2v) is 6.71. The predicted molar refractivity (Wildman–Crippen MR) is 83.8 cm³/mol. The molecule has 1 fully saturated rings. The Balaban J connectivity index is 1.69. The third-order valence-electron chi connectivity index (χ3n) is 3.13. The van der Waals surface area contributed by atoms with Gasteiger partial charge >= 0.3 is 6.03 Å². The number of hydrogen-bond acceptors (Lipinski definition) is 3. The number of thioether (sulfide) groups is 1. The highest BCUT2D eigenvalue weighted by atomic mass is 79.9. The molecule has 2 rings (SSSR count). The van der Waals surface area contributed by atoms with Crippen LogP contribution in [0.1, 0.15) is 25.7 Å². The first-order valence-corrected chi connectivity index (χ1v) is 8.40. The highest BCUT2D eigenvalue weighted by Crippen LogP contribution is 2.20. The van der Waals surface area contributed by atoms with Crippen molar-refractivity contribution in [2.75, 3.05) is 5.75 Å². The lowest BCUT2D eigenvalue weighted by molar-refractivity contribution is -0.117. The van der Waals surface area contributed by atoms with Crippen molar-refractivity contribution < 1.29 is 9.59 Å². The average Bonchev–Trinajstić information content (AvgIpc) is 2.90. The summed E-state index contributed by atoms with van der Waals surface area (Å²) in [4.78, 5) is 24.3. The van der Waals surface area contributed by atoms with Crippen LogP contribution in [0.4, 0.5) is 4.79 Å². The van der Waals surface area contributed by atoms with Crippen molar-refractivity contribution in [1.29, 1.82) is 0 Å². The molecule has 1 aromatic rings. The lowest BCUT2D eigenvalue weighted by atomic mass is 10.2. The SMILES string of the molecule is O=C(CSc1ccc(Br)cc1)NC(=O)NC1CCCC1. The van der Waals surface area contributed by atoms with Gasteiger partial charge in [0.05, 0.1) is 5.75 Å². The number of carbonyl (C=O) groups excluding carboxylic acids is 2. The van der Waals surface area contributed by atoms with E-state index >= 15 is 0 Å². The first-order chi connectivity index (χ1) is 9.63. The van der Waals surface area contributed by atoms with E-state index in [0.29, 0.717) is 0 Å². The summed E-state index contributed by atoms with van der Waals surface area (Å²) in [6.45, 7) is 0. The number of urea groups is 1. The molecule has 1 aliphatic carbocycles. The van der Waals surface area contributed by atoms with E-state index in [1.807, 2.05) is 24.3 Å². The Hall–Kier alpha value is -1.01. The van der Waals surface area contributed by atoms with Gasteiger partial charge < -0.3 is 5.32 Å². The molecule has 0 unspecified atom stereocenters. The lowest BCUT2D eigenvalue weighted by Crippen LogP contribution is -2.44. The summed E-state index contributed by atoms with van der Waals surface area (Å²) < 4.78 is 1.00. The monoisotopic (exact) mass is 356 g/mol. The molecule has 4 nitrogen and oxygen atoms in total. The fraction of sp³-hybridized carbons (Fsp3) is 0.429. The number of rotatable bonds is 4. The molecule has 0 saturated heterocycles. The zero-order chi connectivity index (χ0) is 14.4. The molecule has 1 aromatic carbocycles. The minimum absolute atomic E-state index is 0.224. The normalized spacial score (nSPS) is 15.1. The quantitative estimate of drug-likeness (QED) is 0.813. The minimum Gasteiger partial charge on any atom is -0.335 e. The maximum Gasteiger partial charge on any atom is 0.321 e. The Kier molecular flexibility index (Phi) is 5.91. The first-order valence-electron chi connectivity index (χ1n) is 6.62. The third kappa shape index (κ3) is 5.17. The predicted octanol–water partition coefficient (Wildman–Crippen LogP) is 3.31. The van der Waals surface area contributed by atoms with Crippen LogP contribution in [0.25, 0.3) is 0 Å². The van der Waals surface area contributed by atoms with Crippen LogP contribution in [-0.4, -0.2) is 23.7 Å². The van der Waals surface area contributed by atoms with E-state index in [1.54, 1.807) is 0 Å². The van der Waals surface area contributed by atoms with Gasteiger partial charge in [0, 0.05) is 15.4 Å². The molecular weight excluding hydrogens is 340 g/mol. The molecule has 0 spiro atoms. The van der Waals surface area contributed by atoms with Gasteiger partial charge in [-0.1, -0.05) is 28.8 Å². The van der Waals surface area contributed by atoms with E-state index in [2.05, 4.69) is 26.6 Å². The van der Waals surface area contributed by atoms with Gasteiger partial charge in [-0.25, -0.2) is 4.79 Å². The summed E-state index contributed by atoms with van der Waals surface area (Å²) in [6.07, 6.45) is 4.32. The first kappa shape index (κ1) is 15.4. The van der Waals surface area contributed by atoms with E-state index in [-0.39, 0.29) is 23.7 Å². The van der Waals surface area contributed by atoms with Crippen LogP contribution in [0.15, 0.2) is 33.6 Å². The Morgan fingerprint density at radius 1 is 1.20 bits per heavy atom. The number of nitrogens with one attached hydrogen (secondary N) is 2. The standard InChI is InChI=1S/C14H17BrN2O2S/c15-10-5-7-12(8-6-10)20-9-13(18)17-14(19)16-11-3-1-2-4-11/h5-8,11H,1-4,9H2,(H2,16,17,18,19). The molecule has 20 heavy (non-hydrogen) atoms. The summed E-state index contributed by atoms with van der Waals surface area (Å²) in [6, 6.07) is 7.56. The van der Waals surface area contributed by atoms with Crippen LogP contribution in [-0.2, 0) is 4.79 Å². The van der Waals surface area contributed by atoms with Gasteiger partial charge in [0.2, 0.25) is 5.91 Å². The Morgan fingerprint density at radius 2 is 1.85 bits per heavy atom. The molecule has 0 aromatic heterocycles. The maximum atomic E-state index is 11.7. The highest BCUT2D eigenvalue weighted by Gasteiger charge is 2.18. The van der Waals surface area contributed by atoms with E-state index in [9.17, 15) is 9.59 Å². The van der Waals surface area contributed by atoms with Crippen molar-refractivity contribution in [2.45, 2.75) is 36.6 Å². The second-order valence-electron chi connectivity index (χ2n) is 4.75. The Bertz CT molecular complexity index is 473. The molecule has 108 valence electrons. The number of amides is 3. The molecule has 0 aliphatic heterocycles. The second kappa shape index (κ2) is 7.69. The molecule has 1 aliphatic rings. The van der Waals surface area contributed by atoms with E-state index in [4.69, 9.17) is 0 Å². The number of halogens is 1. The van der Waals surface area contributed by atoms with E-state index in [0.717, 1.165) is 35.1 Å². The largest absolute Gasteiger partial charge is 0.335 e. The average molecular weight is 357 g/mol. The van der Waals surface area contributed by atoms with Crippen molar-refractivity contribution >= 4 is 39.6 Å². The number of carbonyl (C=O) groups is 2. The van der Waals surface area contributed by atoms with Gasteiger partial charge in [0.25, 0.3) is 0 Å². The summed E-state index contributed by atoms with van der Waals surface area (Å²) in [5.41, 5.74) is 0. The van der Waals surface area contributed by atoms with Crippen molar-refractivity contribution in [3.8, 4) is 0 Å². The van der Waals surface area contributed by atoms with Gasteiger partial charge in [-0.05, 0) is 37.1 Å². The van der Waals surface area contributed by atoms with Crippen molar-refractivity contribution in [3.63, 3.8) is 0 Å². The van der Waals surface area contributed by atoms with E-state index < -0.39 is 0 Å². The summed E-state index contributed by atoms with van der Waals surface area (Å²) in [7, 11) is 0. The molecule has 0 radical (unpaired) electrons. The lowest BCUT2D eigenvalue weighted by Gasteiger charge is -2.12. The van der Waals surface area contributed by atoms with Crippen LogP contribution in [0.2, 0.25) is 0 Å². The highest BCUT2D eigenvalue weighted by molar-refractivity contribution is 9.10. The van der Waals surface area contributed by atoms with Crippen molar-refractivity contribution in [3.05, 3.63) is 28.7 Å². The fourth-order valence-corrected chi connectivity index (χ4v) is 3.10. The zero-order valence-electron chi connectivity index (χ0n) is 11.0. The zero-order valence-corrected chi connectivity index (χ0v) is 13.4. The molecule has 6 heteroatoms. The van der Waals surface area contributed by atoms with Crippen molar-refractivity contribution in [2.24, 2.45) is 0 Å². The summed E-state index contributed by atoms with van der Waals surface area (Å²) in [5, 5.41) is 5.20. The maximum absolute atomic E-state index is 11.7. The van der Waals surface area contributed by atoms with E-state index in [1.165, 1.54) is 11.8 Å². The van der Waals surface area contributed by atoms with Gasteiger partial charge in [-0.3, -0.25) is 10.1 Å². The molecule has 0 atom stereocenters.